The molecule has 0 saturated carbocycles. The zero-order valence-corrected chi connectivity index (χ0v) is 11.9. The van der Waals surface area contributed by atoms with Crippen LogP contribution in [0.3, 0.4) is 0 Å². The Labute approximate surface area is 130 Å². The van der Waals surface area contributed by atoms with Crippen LogP contribution < -0.4 is 5.32 Å². The Balaban J connectivity index is 2.02. The van der Waals surface area contributed by atoms with Gasteiger partial charge in [-0.05, 0) is 42.0 Å². The lowest BCUT2D eigenvalue weighted by Gasteiger charge is -2.07. The van der Waals surface area contributed by atoms with Crippen LogP contribution in [0.5, 0.6) is 0 Å². The van der Waals surface area contributed by atoms with E-state index in [2.05, 4.69) is 5.32 Å². The van der Waals surface area contributed by atoms with Crippen molar-refractivity contribution >= 4 is 29.3 Å². The zero-order valence-electron chi connectivity index (χ0n) is 11.2. The van der Waals surface area contributed by atoms with Gasteiger partial charge in [-0.1, -0.05) is 29.8 Å². The second-order valence-electron chi connectivity index (χ2n) is 4.42. The summed E-state index contributed by atoms with van der Waals surface area (Å²) < 4.78 is 37.3. The van der Waals surface area contributed by atoms with E-state index >= 15 is 0 Å². The molecule has 0 bridgehead atoms. The molecule has 0 radical (unpaired) electrons. The Hall–Kier alpha value is -2.27. The Bertz CT molecular complexity index is 693. The normalized spacial score (nSPS) is 11.6. The van der Waals surface area contributed by atoms with E-state index in [4.69, 9.17) is 11.6 Å². The van der Waals surface area contributed by atoms with Crippen molar-refractivity contribution in [3.05, 3.63) is 70.8 Å². The van der Waals surface area contributed by atoms with E-state index in [1.165, 1.54) is 24.3 Å². The molecule has 6 heteroatoms. The van der Waals surface area contributed by atoms with Crippen LogP contribution in [0.1, 0.15) is 11.1 Å². The minimum atomic E-state index is -4.40. The van der Waals surface area contributed by atoms with E-state index in [1.54, 1.807) is 24.3 Å². The third-order valence-corrected chi connectivity index (χ3v) is 3.14. The fraction of sp³-hybridized carbons (Fsp3) is 0.0625. The minimum absolute atomic E-state index is 0.279. The van der Waals surface area contributed by atoms with Crippen LogP contribution in [0.25, 0.3) is 6.08 Å². The largest absolute Gasteiger partial charge is 0.416 e. The third-order valence-electron chi connectivity index (χ3n) is 2.80. The van der Waals surface area contributed by atoms with Gasteiger partial charge in [0.05, 0.1) is 5.56 Å². The summed E-state index contributed by atoms with van der Waals surface area (Å²) in [6.07, 6.45) is -1.60. The van der Waals surface area contributed by atoms with Gasteiger partial charge < -0.3 is 5.32 Å². The van der Waals surface area contributed by atoms with Crippen LogP contribution in [-0.4, -0.2) is 5.91 Å². The second kappa shape index (κ2) is 6.66. The highest BCUT2D eigenvalue weighted by atomic mass is 35.5. The average molecular weight is 326 g/mol. The van der Waals surface area contributed by atoms with E-state index in [0.717, 1.165) is 12.1 Å². The van der Waals surface area contributed by atoms with E-state index in [1.807, 2.05) is 0 Å². The molecule has 0 aliphatic carbocycles. The standard InChI is InChI=1S/C16H11ClF3NO/c17-14-4-2-1-3-11(14)5-10-15(22)21-13-8-6-12(7-9-13)16(18,19)20/h1-10H,(H,21,22)/b10-5+. The summed E-state index contributed by atoms with van der Waals surface area (Å²) in [6, 6.07) is 11.2. The monoisotopic (exact) mass is 325 g/mol. The van der Waals surface area contributed by atoms with Gasteiger partial charge in [0.25, 0.3) is 0 Å². The van der Waals surface area contributed by atoms with Gasteiger partial charge in [-0.3, -0.25) is 4.79 Å². The van der Waals surface area contributed by atoms with Gasteiger partial charge in [0.15, 0.2) is 0 Å². The SMILES string of the molecule is O=C(/C=C/c1ccccc1Cl)Nc1ccc(C(F)(F)F)cc1. The number of benzene rings is 2. The molecule has 2 aromatic carbocycles. The third kappa shape index (κ3) is 4.36. The first-order chi connectivity index (χ1) is 10.4. The molecule has 2 aromatic rings. The van der Waals surface area contributed by atoms with Crippen molar-refractivity contribution in [1.29, 1.82) is 0 Å². The summed E-state index contributed by atoms with van der Waals surface area (Å²) in [5.74, 6) is -0.459. The Morgan fingerprint density at radius 3 is 2.27 bits per heavy atom. The van der Waals surface area contributed by atoms with E-state index < -0.39 is 17.6 Å². The summed E-state index contributed by atoms with van der Waals surface area (Å²) in [7, 11) is 0. The number of carbonyl (C=O) groups is 1. The summed E-state index contributed by atoms with van der Waals surface area (Å²) >= 11 is 5.94. The molecule has 0 heterocycles. The lowest BCUT2D eigenvalue weighted by molar-refractivity contribution is -0.137. The summed E-state index contributed by atoms with van der Waals surface area (Å²) in [4.78, 5) is 11.7. The molecular formula is C16H11ClF3NO. The molecule has 0 aliphatic rings. The smallest absolute Gasteiger partial charge is 0.323 e. The number of halogens is 4. The Morgan fingerprint density at radius 2 is 1.68 bits per heavy atom. The highest BCUT2D eigenvalue weighted by Crippen LogP contribution is 2.29. The van der Waals surface area contributed by atoms with Crippen LogP contribution in [-0.2, 0) is 11.0 Å². The van der Waals surface area contributed by atoms with Crippen molar-refractivity contribution < 1.29 is 18.0 Å². The molecule has 114 valence electrons. The van der Waals surface area contributed by atoms with Crippen molar-refractivity contribution in [1.82, 2.24) is 0 Å². The molecule has 0 aliphatic heterocycles. The van der Waals surface area contributed by atoms with Gasteiger partial charge in [-0.25, -0.2) is 0 Å². The van der Waals surface area contributed by atoms with Crippen molar-refractivity contribution in [3.63, 3.8) is 0 Å². The lowest BCUT2D eigenvalue weighted by atomic mass is 10.2. The van der Waals surface area contributed by atoms with Crippen molar-refractivity contribution in [3.8, 4) is 0 Å². The summed E-state index contributed by atoms with van der Waals surface area (Å²) in [5, 5.41) is 2.98. The zero-order chi connectivity index (χ0) is 16.2. The number of hydrogen-bond donors (Lipinski definition) is 1. The first-order valence-corrected chi connectivity index (χ1v) is 6.65. The number of hydrogen-bond acceptors (Lipinski definition) is 1. The van der Waals surface area contributed by atoms with Crippen LogP contribution in [0.2, 0.25) is 5.02 Å². The maximum atomic E-state index is 12.4. The number of alkyl halides is 3. The minimum Gasteiger partial charge on any atom is -0.323 e. The molecule has 0 unspecified atom stereocenters. The number of carbonyl (C=O) groups excluding carboxylic acids is 1. The molecular weight excluding hydrogens is 315 g/mol. The fourth-order valence-electron chi connectivity index (χ4n) is 1.70. The van der Waals surface area contributed by atoms with Crippen molar-refractivity contribution in [2.45, 2.75) is 6.18 Å². The highest BCUT2D eigenvalue weighted by molar-refractivity contribution is 6.32. The van der Waals surface area contributed by atoms with Gasteiger partial charge in [-0.15, -0.1) is 0 Å². The van der Waals surface area contributed by atoms with E-state index in [-0.39, 0.29) is 5.69 Å². The number of anilines is 1. The van der Waals surface area contributed by atoms with Gasteiger partial charge in [0.1, 0.15) is 0 Å². The first-order valence-electron chi connectivity index (χ1n) is 6.27. The van der Waals surface area contributed by atoms with Gasteiger partial charge in [0, 0.05) is 16.8 Å². The second-order valence-corrected chi connectivity index (χ2v) is 4.83. The number of rotatable bonds is 3. The predicted octanol–water partition coefficient (Wildman–Crippen LogP) is 5.01. The molecule has 2 nitrogen and oxygen atoms in total. The fourth-order valence-corrected chi connectivity index (χ4v) is 1.90. The molecule has 2 rings (SSSR count). The highest BCUT2D eigenvalue weighted by Gasteiger charge is 2.29. The van der Waals surface area contributed by atoms with Crippen LogP contribution in [0.4, 0.5) is 18.9 Å². The summed E-state index contributed by atoms with van der Waals surface area (Å²) in [6.45, 7) is 0. The van der Waals surface area contributed by atoms with Crippen LogP contribution >= 0.6 is 11.6 Å². The quantitative estimate of drug-likeness (QED) is 0.790. The molecule has 1 amide bonds. The van der Waals surface area contributed by atoms with Crippen LogP contribution in [0, 0.1) is 0 Å². The molecule has 0 atom stereocenters. The van der Waals surface area contributed by atoms with Gasteiger partial charge in [-0.2, -0.15) is 13.2 Å². The number of nitrogens with one attached hydrogen (secondary N) is 1. The molecule has 1 N–H and O–H groups in total. The molecule has 0 spiro atoms. The molecule has 0 fully saturated rings. The van der Waals surface area contributed by atoms with Crippen LogP contribution in [0.15, 0.2) is 54.6 Å². The maximum Gasteiger partial charge on any atom is 0.416 e. The van der Waals surface area contributed by atoms with E-state index in [9.17, 15) is 18.0 Å². The van der Waals surface area contributed by atoms with Gasteiger partial charge >= 0.3 is 6.18 Å². The summed E-state index contributed by atoms with van der Waals surface area (Å²) in [5.41, 5.74) is 0.186. The predicted molar refractivity (Wildman–Crippen MR) is 80.6 cm³/mol. The number of amides is 1. The Kier molecular flexibility index (Phi) is 4.88. The van der Waals surface area contributed by atoms with Crippen molar-refractivity contribution in [2.75, 3.05) is 5.32 Å². The molecule has 0 aromatic heterocycles. The lowest BCUT2D eigenvalue weighted by Crippen LogP contribution is -2.09. The molecule has 22 heavy (non-hydrogen) atoms. The topological polar surface area (TPSA) is 29.1 Å². The van der Waals surface area contributed by atoms with E-state index in [0.29, 0.717) is 10.6 Å². The van der Waals surface area contributed by atoms with Crippen molar-refractivity contribution in [2.24, 2.45) is 0 Å². The average Bonchev–Trinajstić information content (AvgIpc) is 2.46. The first kappa shape index (κ1) is 16.1. The van der Waals surface area contributed by atoms with Gasteiger partial charge in [0.2, 0.25) is 5.91 Å². The maximum absolute atomic E-state index is 12.4. The Morgan fingerprint density at radius 1 is 1.05 bits per heavy atom. The molecule has 0 saturated heterocycles.